The number of likely N-dealkylation sites (tertiary alicyclic amines) is 1. The number of nitrogens with zero attached hydrogens (tertiary/aromatic N) is 1. The molecule has 0 spiro atoms. The van der Waals surface area contributed by atoms with Gasteiger partial charge < -0.3 is 10.2 Å². The zero-order valence-corrected chi connectivity index (χ0v) is 11.8. The Balaban J connectivity index is 1.89. The monoisotopic (exact) mass is 266 g/mol. The summed E-state index contributed by atoms with van der Waals surface area (Å²) in [5.41, 5.74) is 0. The number of rotatable bonds is 5. The van der Waals surface area contributed by atoms with E-state index in [2.05, 4.69) is 27.7 Å². The lowest BCUT2D eigenvalue weighted by Gasteiger charge is -2.36. The number of hydrogen-bond acceptors (Lipinski definition) is 3. The Kier molecular flexibility index (Phi) is 5.20. The first-order valence-corrected chi connectivity index (χ1v) is 7.65. The number of carbonyl (C=O) groups is 1. The summed E-state index contributed by atoms with van der Waals surface area (Å²) in [6.07, 6.45) is 5.80. The highest BCUT2D eigenvalue weighted by molar-refractivity contribution is 7.09. The van der Waals surface area contributed by atoms with Gasteiger partial charge in [0.15, 0.2) is 0 Å². The molecule has 1 N–H and O–H groups in total. The van der Waals surface area contributed by atoms with Crippen molar-refractivity contribution in [3.8, 4) is 0 Å². The minimum absolute atomic E-state index is 0.258. The third kappa shape index (κ3) is 3.56. The van der Waals surface area contributed by atoms with E-state index in [0.717, 1.165) is 25.8 Å². The molecule has 3 nitrogen and oxygen atoms in total. The molecule has 0 aliphatic carbocycles. The molecule has 4 heteroatoms. The van der Waals surface area contributed by atoms with Gasteiger partial charge in [0.05, 0.1) is 6.54 Å². The highest BCUT2D eigenvalue weighted by Crippen LogP contribution is 2.22. The van der Waals surface area contributed by atoms with Crippen LogP contribution in [0.15, 0.2) is 17.5 Å². The molecule has 0 aromatic carbocycles. The van der Waals surface area contributed by atoms with Gasteiger partial charge in [0.2, 0.25) is 5.91 Å². The van der Waals surface area contributed by atoms with E-state index < -0.39 is 0 Å². The maximum absolute atomic E-state index is 12.0. The lowest BCUT2D eigenvalue weighted by molar-refractivity contribution is -0.133. The molecule has 1 aliphatic heterocycles. The Bertz CT molecular complexity index is 364. The van der Waals surface area contributed by atoms with Crippen LogP contribution in [-0.4, -0.2) is 37.0 Å². The highest BCUT2D eigenvalue weighted by atomic mass is 32.1. The van der Waals surface area contributed by atoms with Crippen LogP contribution in [-0.2, 0) is 11.2 Å². The highest BCUT2D eigenvalue weighted by Gasteiger charge is 2.25. The maximum Gasteiger partial charge on any atom is 0.236 e. The zero-order chi connectivity index (χ0) is 12.8. The normalized spacial score (nSPS) is 20.1. The van der Waals surface area contributed by atoms with Crippen LogP contribution in [0.1, 0.15) is 30.6 Å². The van der Waals surface area contributed by atoms with E-state index in [4.69, 9.17) is 0 Å². The second-order valence-corrected chi connectivity index (χ2v) is 5.92. The van der Waals surface area contributed by atoms with E-state index in [9.17, 15) is 4.79 Å². The SMILES string of the molecule is CNCC(=O)N1CCCCC1CCc1cccs1. The second kappa shape index (κ2) is 6.90. The molecule has 1 aromatic heterocycles. The van der Waals surface area contributed by atoms with Gasteiger partial charge in [0, 0.05) is 17.5 Å². The van der Waals surface area contributed by atoms with E-state index in [1.165, 1.54) is 17.7 Å². The summed E-state index contributed by atoms with van der Waals surface area (Å²) in [7, 11) is 1.84. The molecular weight excluding hydrogens is 244 g/mol. The molecule has 2 rings (SSSR count). The van der Waals surface area contributed by atoms with Gasteiger partial charge in [-0.05, 0) is 50.6 Å². The predicted molar refractivity (Wildman–Crippen MR) is 75.9 cm³/mol. The van der Waals surface area contributed by atoms with E-state index in [1.807, 2.05) is 18.4 Å². The molecule has 1 aromatic rings. The molecule has 100 valence electrons. The number of carbonyl (C=O) groups excluding carboxylic acids is 1. The van der Waals surface area contributed by atoms with Crippen molar-refractivity contribution in [1.29, 1.82) is 0 Å². The van der Waals surface area contributed by atoms with Crippen LogP contribution in [0.4, 0.5) is 0 Å². The molecule has 0 radical (unpaired) electrons. The molecular formula is C14H22N2OS. The zero-order valence-electron chi connectivity index (χ0n) is 11.0. The Morgan fingerprint density at radius 2 is 2.44 bits per heavy atom. The number of amides is 1. The van der Waals surface area contributed by atoms with Crippen molar-refractivity contribution in [2.24, 2.45) is 0 Å². The summed E-state index contributed by atoms with van der Waals surface area (Å²) in [4.78, 5) is 15.6. The average molecular weight is 266 g/mol. The van der Waals surface area contributed by atoms with Crippen LogP contribution in [0.3, 0.4) is 0 Å². The first-order valence-electron chi connectivity index (χ1n) is 6.77. The molecule has 2 heterocycles. The van der Waals surface area contributed by atoms with Crippen molar-refractivity contribution in [2.45, 2.75) is 38.1 Å². The van der Waals surface area contributed by atoms with Gasteiger partial charge in [-0.15, -0.1) is 11.3 Å². The fraction of sp³-hybridized carbons (Fsp3) is 0.643. The van der Waals surface area contributed by atoms with Gasteiger partial charge in [-0.2, -0.15) is 0 Å². The van der Waals surface area contributed by atoms with Gasteiger partial charge >= 0.3 is 0 Å². The summed E-state index contributed by atoms with van der Waals surface area (Å²) in [6.45, 7) is 1.41. The Morgan fingerprint density at radius 3 is 3.17 bits per heavy atom. The quantitative estimate of drug-likeness (QED) is 0.887. The van der Waals surface area contributed by atoms with Crippen molar-refractivity contribution < 1.29 is 4.79 Å². The van der Waals surface area contributed by atoms with Gasteiger partial charge in [-0.25, -0.2) is 0 Å². The number of thiophene rings is 1. The Labute approximate surface area is 113 Å². The van der Waals surface area contributed by atoms with Gasteiger partial charge in [0.1, 0.15) is 0 Å². The number of piperidine rings is 1. The van der Waals surface area contributed by atoms with Crippen LogP contribution in [0.2, 0.25) is 0 Å². The fourth-order valence-corrected chi connectivity index (χ4v) is 3.37. The summed E-state index contributed by atoms with van der Waals surface area (Å²) < 4.78 is 0. The lowest BCUT2D eigenvalue weighted by Crippen LogP contribution is -2.47. The maximum atomic E-state index is 12.0. The molecule has 1 saturated heterocycles. The number of likely N-dealkylation sites (N-methyl/N-ethyl adjacent to an activating group) is 1. The van der Waals surface area contributed by atoms with Crippen molar-refractivity contribution in [2.75, 3.05) is 20.1 Å². The largest absolute Gasteiger partial charge is 0.339 e. The Morgan fingerprint density at radius 1 is 1.56 bits per heavy atom. The van der Waals surface area contributed by atoms with Crippen molar-refractivity contribution in [3.63, 3.8) is 0 Å². The van der Waals surface area contributed by atoms with Gasteiger partial charge in [-0.3, -0.25) is 4.79 Å². The third-order valence-corrected chi connectivity index (χ3v) is 4.52. The summed E-state index contributed by atoms with van der Waals surface area (Å²) in [5, 5.41) is 5.09. The summed E-state index contributed by atoms with van der Waals surface area (Å²) in [6, 6.07) is 4.74. The lowest BCUT2D eigenvalue weighted by atomic mass is 9.97. The summed E-state index contributed by atoms with van der Waals surface area (Å²) in [5.74, 6) is 0.258. The van der Waals surface area contributed by atoms with Crippen LogP contribution in [0.5, 0.6) is 0 Å². The fourth-order valence-electron chi connectivity index (χ4n) is 2.65. The van der Waals surface area contributed by atoms with Gasteiger partial charge in [-0.1, -0.05) is 6.07 Å². The van der Waals surface area contributed by atoms with Crippen LogP contribution in [0.25, 0.3) is 0 Å². The molecule has 1 aliphatic rings. The average Bonchev–Trinajstić information content (AvgIpc) is 2.90. The van der Waals surface area contributed by atoms with Crippen LogP contribution >= 0.6 is 11.3 Å². The molecule has 1 unspecified atom stereocenters. The van der Waals surface area contributed by atoms with Crippen LogP contribution < -0.4 is 5.32 Å². The molecule has 1 fully saturated rings. The Hall–Kier alpha value is -0.870. The van der Waals surface area contributed by atoms with E-state index in [0.29, 0.717) is 12.6 Å². The first-order chi connectivity index (χ1) is 8.81. The third-order valence-electron chi connectivity index (χ3n) is 3.58. The standard InChI is InChI=1S/C14H22N2OS/c1-15-11-14(17)16-9-3-2-5-12(16)7-8-13-6-4-10-18-13/h4,6,10,12,15H,2-3,5,7-9,11H2,1H3. The topological polar surface area (TPSA) is 32.3 Å². The van der Waals surface area contributed by atoms with E-state index in [1.54, 1.807) is 0 Å². The van der Waals surface area contributed by atoms with Crippen LogP contribution in [0, 0.1) is 0 Å². The molecule has 1 atom stereocenters. The van der Waals surface area contributed by atoms with Gasteiger partial charge in [0.25, 0.3) is 0 Å². The van der Waals surface area contributed by atoms with E-state index in [-0.39, 0.29) is 5.91 Å². The number of aryl methyl sites for hydroxylation is 1. The number of hydrogen-bond donors (Lipinski definition) is 1. The van der Waals surface area contributed by atoms with E-state index >= 15 is 0 Å². The smallest absolute Gasteiger partial charge is 0.236 e. The minimum Gasteiger partial charge on any atom is -0.339 e. The molecule has 18 heavy (non-hydrogen) atoms. The molecule has 0 bridgehead atoms. The van der Waals surface area contributed by atoms with Crippen molar-refractivity contribution >= 4 is 17.2 Å². The molecule has 1 amide bonds. The van der Waals surface area contributed by atoms with Crippen molar-refractivity contribution in [3.05, 3.63) is 22.4 Å². The minimum atomic E-state index is 0.258. The van der Waals surface area contributed by atoms with Crippen molar-refractivity contribution in [1.82, 2.24) is 10.2 Å². The summed E-state index contributed by atoms with van der Waals surface area (Å²) >= 11 is 1.82. The molecule has 0 saturated carbocycles. The second-order valence-electron chi connectivity index (χ2n) is 4.89. The first kappa shape index (κ1) is 13.6. The number of nitrogens with one attached hydrogen (secondary N) is 1. The predicted octanol–water partition coefficient (Wildman–Crippen LogP) is 2.28.